The molecule has 148 valence electrons. The fourth-order valence-electron chi connectivity index (χ4n) is 2.56. The summed E-state index contributed by atoms with van der Waals surface area (Å²) < 4.78 is 14.9. The van der Waals surface area contributed by atoms with E-state index in [1.54, 1.807) is 28.8 Å². The number of para-hydroxylation sites is 2. The molecule has 0 radical (unpaired) electrons. The van der Waals surface area contributed by atoms with Crippen LogP contribution < -0.4 is 5.32 Å². The molecule has 0 aliphatic rings. The number of hydrogen-bond acceptors (Lipinski definition) is 6. The number of anilines is 1. The molecule has 0 fully saturated rings. The van der Waals surface area contributed by atoms with Gasteiger partial charge in [-0.1, -0.05) is 30.0 Å². The minimum Gasteiger partial charge on any atom is -0.320 e. The molecular formula is C19H16FN5O3S. The van der Waals surface area contributed by atoms with E-state index in [9.17, 15) is 19.3 Å². The van der Waals surface area contributed by atoms with Gasteiger partial charge in [0, 0.05) is 18.2 Å². The lowest BCUT2D eigenvalue weighted by Gasteiger charge is -2.08. The Bertz CT molecular complexity index is 1050. The second-order valence-corrected chi connectivity index (χ2v) is 6.77. The van der Waals surface area contributed by atoms with Gasteiger partial charge < -0.3 is 5.32 Å². The molecule has 3 rings (SSSR count). The number of nitrogens with zero attached hydrogens (tertiary/aromatic N) is 4. The van der Waals surface area contributed by atoms with Gasteiger partial charge in [0.1, 0.15) is 11.5 Å². The van der Waals surface area contributed by atoms with Gasteiger partial charge in [0.2, 0.25) is 5.91 Å². The minimum absolute atomic E-state index is 0.0231. The van der Waals surface area contributed by atoms with Crippen LogP contribution in [0.3, 0.4) is 0 Å². The summed E-state index contributed by atoms with van der Waals surface area (Å²) in [6.45, 7) is 4.11. The molecule has 8 nitrogen and oxygen atoms in total. The summed E-state index contributed by atoms with van der Waals surface area (Å²) in [6, 6.07) is 11.8. The van der Waals surface area contributed by atoms with Crippen LogP contribution in [0.5, 0.6) is 0 Å². The summed E-state index contributed by atoms with van der Waals surface area (Å²) in [4.78, 5) is 22.8. The van der Waals surface area contributed by atoms with E-state index in [1.165, 1.54) is 30.3 Å². The van der Waals surface area contributed by atoms with E-state index in [2.05, 4.69) is 22.1 Å². The number of carbonyl (C=O) groups is 1. The number of halogens is 1. The first kappa shape index (κ1) is 20.2. The fourth-order valence-corrected chi connectivity index (χ4v) is 3.30. The molecule has 1 aromatic heterocycles. The fraction of sp³-hybridized carbons (Fsp3) is 0.105. The van der Waals surface area contributed by atoms with Crippen LogP contribution in [0, 0.1) is 15.9 Å². The molecule has 0 aliphatic carbocycles. The molecule has 0 saturated carbocycles. The molecular weight excluding hydrogens is 397 g/mol. The lowest BCUT2D eigenvalue weighted by Crippen LogP contribution is -2.15. The van der Waals surface area contributed by atoms with Crippen molar-refractivity contribution in [3.05, 3.63) is 77.1 Å². The van der Waals surface area contributed by atoms with Crippen molar-refractivity contribution in [1.29, 1.82) is 0 Å². The maximum absolute atomic E-state index is 13.2. The van der Waals surface area contributed by atoms with Gasteiger partial charge in [-0.05, 0) is 30.3 Å². The molecule has 0 aliphatic heterocycles. The van der Waals surface area contributed by atoms with E-state index >= 15 is 0 Å². The largest absolute Gasteiger partial charge is 0.320 e. The molecule has 0 saturated heterocycles. The number of benzene rings is 2. The van der Waals surface area contributed by atoms with Crippen LogP contribution in [-0.4, -0.2) is 31.3 Å². The zero-order chi connectivity index (χ0) is 20.8. The highest BCUT2D eigenvalue weighted by atomic mass is 32.2. The summed E-state index contributed by atoms with van der Waals surface area (Å²) in [5.74, 6) is -0.276. The Kier molecular flexibility index (Phi) is 6.35. The van der Waals surface area contributed by atoms with Crippen molar-refractivity contribution >= 4 is 29.0 Å². The predicted octanol–water partition coefficient (Wildman–Crippen LogP) is 3.91. The third-order valence-electron chi connectivity index (χ3n) is 3.84. The van der Waals surface area contributed by atoms with Gasteiger partial charge in [-0.15, -0.1) is 16.8 Å². The van der Waals surface area contributed by atoms with Crippen molar-refractivity contribution in [1.82, 2.24) is 14.8 Å². The van der Waals surface area contributed by atoms with E-state index < -0.39 is 10.8 Å². The first-order chi connectivity index (χ1) is 14.0. The molecule has 29 heavy (non-hydrogen) atoms. The van der Waals surface area contributed by atoms with Gasteiger partial charge in [0.05, 0.1) is 10.7 Å². The molecule has 0 unspecified atom stereocenters. The number of rotatable bonds is 8. The van der Waals surface area contributed by atoms with Gasteiger partial charge in [0.15, 0.2) is 11.0 Å². The van der Waals surface area contributed by atoms with Crippen LogP contribution in [0.1, 0.15) is 0 Å². The van der Waals surface area contributed by atoms with Crippen molar-refractivity contribution in [3.8, 4) is 11.4 Å². The van der Waals surface area contributed by atoms with Gasteiger partial charge in [-0.25, -0.2) is 4.39 Å². The van der Waals surface area contributed by atoms with Crippen molar-refractivity contribution in [2.24, 2.45) is 0 Å². The molecule has 2 aromatic carbocycles. The number of nitrogens with one attached hydrogen (secondary N) is 1. The molecule has 10 heteroatoms. The first-order valence-electron chi connectivity index (χ1n) is 8.45. The molecule has 1 N–H and O–H groups in total. The maximum Gasteiger partial charge on any atom is 0.292 e. The number of thioether (sulfide) groups is 1. The third-order valence-corrected chi connectivity index (χ3v) is 4.80. The number of amides is 1. The average Bonchev–Trinajstić information content (AvgIpc) is 3.10. The summed E-state index contributed by atoms with van der Waals surface area (Å²) in [5.41, 5.74) is 0.624. The number of aromatic nitrogens is 3. The SMILES string of the molecule is C=CCn1c(SCC(=O)Nc2ccccc2[N+](=O)[O-])nnc1-c1ccc(F)cc1. The van der Waals surface area contributed by atoms with Gasteiger partial charge in [-0.2, -0.15) is 0 Å². The highest BCUT2D eigenvalue weighted by molar-refractivity contribution is 7.99. The van der Waals surface area contributed by atoms with Gasteiger partial charge in [0.25, 0.3) is 5.69 Å². The monoisotopic (exact) mass is 413 g/mol. The van der Waals surface area contributed by atoms with Crippen molar-refractivity contribution < 1.29 is 14.1 Å². The first-order valence-corrected chi connectivity index (χ1v) is 9.44. The van der Waals surface area contributed by atoms with Crippen LogP contribution in [0.25, 0.3) is 11.4 Å². The van der Waals surface area contributed by atoms with E-state index in [-0.39, 0.29) is 22.9 Å². The Morgan fingerprint density at radius 1 is 1.24 bits per heavy atom. The minimum atomic E-state index is -0.557. The molecule has 1 amide bonds. The topological polar surface area (TPSA) is 103 Å². The highest BCUT2D eigenvalue weighted by Gasteiger charge is 2.17. The predicted molar refractivity (Wildman–Crippen MR) is 108 cm³/mol. The van der Waals surface area contributed by atoms with E-state index in [4.69, 9.17) is 0 Å². The molecule has 3 aromatic rings. The zero-order valence-corrected chi connectivity index (χ0v) is 15.9. The van der Waals surface area contributed by atoms with Crippen molar-refractivity contribution in [3.63, 3.8) is 0 Å². The number of nitro benzene ring substituents is 1. The van der Waals surface area contributed by atoms with Crippen molar-refractivity contribution in [2.75, 3.05) is 11.1 Å². The summed E-state index contributed by atoms with van der Waals surface area (Å²) in [6.07, 6.45) is 1.66. The van der Waals surface area contributed by atoms with E-state index in [1.807, 2.05) is 0 Å². The maximum atomic E-state index is 13.2. The third kappa shape index (κ3) is 4.85. The van der Waals surface area contributed by atoms with E-state index in [0.717, 1.165) is 11.8 Å². The number of carbonyl (C=O) groups excluding carboxylic acids is 1. The lowest BCUT2D eigenvalue weighted by atomic mass is 10.2. The molecule has 0 atom stereocenters. The van der Waals surface area contributed by atoms with Gasteiger partial charge >= 0.3 is 0 Å². The Morgan fingerprint density at radius 2 is 1.97 bits per heavy atom. The Morgan fingerprint density at radius 3 is 2.66 bits per heavy atom. The van der Waals surface area contributed by atoms with Gasteiger partial charge in [-0.3, -0.25) is 19.5 Å². The summed E-state index contributed by atoms with van der Waals surface area (Å²) in [7, 11) is 0. The Hall–Kier alpha value is -3.53. The van der Waals surface area contributed by atoms with Crippen molar-refractivity contribution in [2.45, 2.75) is 11.7 Å². The molecule has 1 heterocycles. The Labute approximate surface area is 169 Å². The number of nitro groups is 1. The second kappa shape index (κ2) is 9.11. The lowest BCUT2D eigenvalue weighted by molar-refractivity contribution is -0.383. The summed E-state index contributed by atoms with van der Waals surface area (Å²) in [5, 5.41) is 22.3. The standard InChI is InChI=1S/C19H16FN5O3S/c1-2-11-24-18(13-7-9-14(20)10-8-13)22-23-19(24)29-12-17(26)21-15-5-3-4-6-16(15)25(27)28/h2-10H,1,11-12H2,(H,21,26). The van der Waals surface area contributed by atoms with E-state index in [0.29, 0.717) is 23.1 Å². The Balaban J connectivity index is 1.74. The normalized spacial score (nSPS) is 10.5. The van der Waals surface area contributed by atoms with Crippen LogP contribution in [0.15, 0.2) is 66.3 Å². The van der Waals surface area contributed by atoms with Crippen LogP contribution in [-0.2, 0) is 11.3 Å². The smallest absolute Gasteiger partial charge is 0.292 e. The quantitative estimate of drug-likeness (QED) is 0.260. The van der Waals surface area contributed by atoms with Crippen LogP contribution in [0.4, 0.5) is 15.8 Å². The zero-order valence-electron chi connectivity index (χ0n) is 15.1. The number of hydrogen-bond donors (Lipinski definition) is 1. The number of allylic oxidation sites excluding steroid dienone is 1. The molecule has 0 bridgehead atoms. The molecule has 0 spiro atoms. The van der Waals surface area contributed by atoms with Crippen LogP contribution >= 0.6 is 11.8 Å². The second-order valence-electron chi connectivity index (χ2n) is 5.82. The average molecular weight is 413 g/mol. The highest BCUT2D eigenvalue weighted by Crippen LogP contribution is 2.26. The summed E-state index contributed by atoms with van der Waals surface area (Å²) >= 11 is 1.13. The van der Waals surface area contributed by atoms with Crippen LogP contribution in [0.2, 0.25) is 0 Å².